The predicted molar refractivity (Wildman–Crippen MR) is 145 cm³/mol. The van der Waals surface area contributed by atoms with Gasteiger partial charge in [-0.2, -0.15) is 0 Å². The van der Waals surface area contributed by atoms with Gasteiger partial charge in [-0.25, -0.2) is 9.78 Å². The number of nitrogens with zero attached hydrogens (tertiary/aromatic N) is 1. The Morgan fingerprint density at radius 1 is 0.973 bits per heavy atom. The second kappa shape index (κ2) is 12.3. The summed E-state index contributed by atoms with van der Waals surface area (Å²) in [5.74, 6) is 1.41. The van der Waals surface area contributed by atoms with E-state index in [1.54, 1.807) is 57.2 Å². The number of carbonyl (C=O) groups is 2. The summed E-state index contributed by atoms with van der Waals surface area (Å²) in [7, 11) is 0. The van der Waals surface area contributed by atoms with Gasteiger partial charge in [0.2, 0.25) is 0 Å². The number of rotatable bonds is 9. The summed E-state index contributed by atoms with van der Waals surface area (Å²) in [5, 5.41) is 5.55. The predicted octanol–water partition coefficient (Wildman–Crippen LogP) is 6.40. The maximum atomic E-state index is 12.8. The summed E-state index contributed by atoms with van der Waals surface area (Å²) < 4.78 is 16.9. The average Bonchev–Trinajstić information content (AvgIpc) is 2.79. The Morgan fingerprint density at radius 2 is 1.70 bits per heavy atom. The van der Waals surface area contributed by atoms with E-state index in [-0.39, 0.29) is 12.0 Å². The van der Waals surface area contributed by atoms with Crippen LogP contribution in [0.3, 0.4) is 0 Å². The summed E-state index contributed by atoms with van der Waals surface area (Å²) in [5.41, 5.74) is 2.34. The first kappa shape index (κ1) is 27.5. The molecule has 0 bridgehead atoms. The molecule has 196 valence electrons. The summed E-state index contributed by atoms with van der Waals surface area (Å²) in [6.07, 6.45) is -0.0377. The molecule has 0 radical (unpaired) electrons. The molecule has 0 fully saturated rings. The second-order valence-corrected chi connectivity index (χ2v) is 9.88. The molecular weight excluding hydrogens is 470 g/mol. The maximum absolute atomic E-state index is 12.8. The minimum atomic E-state index is -0.584. The van der Waals surface area contributed by atoms with E-state index in [0.29, 0.717) is 41.6 Å². The van der Waals surface area contributed by atoms with Gasteiger partial charge in [-0.1, -0.05) is 12.1 Å². The molecule has 8 nitrogen and oxygen atoms in total. The fourth-order valence-corrected chi connectivity index (χ4v) is 3.37. The molecule has 0 aliphatic heterocycles. The van der Waals surface area contributed by atoms with E-state index in [1.807, 2.05) is 45.0 Å². The van der Waals surface area contributed by atoms with Crippen LogP contribution in [0.15, 0.2) is 60.7 Å². The van der Waals surface area contributed by atoms with Crippen molar-refractivity contribution >= 4 is 23.5 Å². The van der Waals surface area contributed by atoms with Gasteiger partial charge in [0.25, 0.3) is 5.91 Å². The Bertz CT molecular complexity index is 1220. The molecule has 2 N–H and O–H groups in total. The lowest BCUT2D eigenvalue weighted by Gasteiger charge is -2.19. The number of hydrogen-bond donors (Lipinski definition) is 2. The van der Waals surface area contributed by atoms with E-state index in [0.717, 1.165) is 11.3 Å². The van der Waals surface area contributed by atoms with Crippen molar-refractivity contribution in [3.8, 4) is 11.5 Å². The van der Waals surface area contributed by atoms with Crippen LogP contribution in [0.4, 0.5) is 16.3 Å². The number of aryl methyl sites for hydroxylation is 1. The van der Waals surface area contributed by atoms with Crippen LogP contribution in [0.25, 0.3) is 0 Å². The number of aromatic nitrogens is 1. The molecule has 37 heavy (non-hydrogen) atoms. The Hall–Kier alpha value is -4.07. The van der Waals surface area contributed by atoms with Crippen LogP contribution in [0.1, 0.15) is 56.2 Å². The number of benzene rings is 2. The fourth-order valence-electron chi connectivity index (χ4n) is 3.37. The zero-order valence-corrected chi connectivity index (χ0v) is 22.3. The fraction of sp³-hybridized carbons (Fsp3) is 0.345. The van der Waals surface area contributed by atoms with Gasteiger partial charge < -0.3 is 19.5 Å². The number of nitrogens with one attached hydrogen (secondary N) is 2. The van der Waals surface area contributed by atoms with E-state index < -0.39 is 11.7 Å². The number of ether oxygens (including phenoxy) is 3. The van der Waals surface area contributed by atoms with Crippen LogP contribution in [-0.2, 0) is 11.2 Å². The molecule has 0 spiro atoms. The summed E-state index contributed by atoms with van der Waals surface area (Å²) in [6, 6.07) is 18.1. The smallest absolute Gasteiger partial charge is 0.413 e. The quantitative estimate of drug-likeness (QED) is 0.349. The van der Waals surface area contributed by atoms with E-state index in [9.17, 15) is 9.59 Å². The lowest BCUT2D eigenvalue weighted by atomic mass is 10.1. The van der Waals surface area contributed by atoms with Crippen molar-refractivity contribution < 1.29 is 23.8 Å². The number of pyridine rings is 1. The van der Waals surface area contributed by atoms with Crippen molar-refractivity contribution in [2.24, 2.45) is 0 Å². The zero-order chi connectivity index (χ0) is 27.0. The van der Waals surface area contributed by atoms with Gasteiger partial charge in [0.05, 0.1) is 18.3 Å². The highest BCUT2D eigenvalue weighted by atomic mass is 16.6. The molecule has 0 aliphatic carbocycles. The highest BCUT2D eigenvalue weighted by Crippen LogP contribution is 2.24. The lowest BCUT2D eigenvalue weighted by molar-refractivity contribution is 0.0635. The third-order valence-corrected chi connectivity index (χ3v) is 4.92. The van der Waals surface area contributed by atoms with Crippen LogP contribution in [0, 0.1) is 6.92 Å². The first-order chi connectivity index (χ1) is 17.5. The Kier molecular flexibility index (Phi) is 9.11. The minimum Gasteiger partial charge on any atom is -0.493 e. The van der Waals surface area contributed by atoms with Crippen molar-refractivity contribution in [1.82, 2.24) is 4.98 Å². The third-order valence-electron chi connectivity index (χ3n) is 4.92. The third kappa shape index (κ3) is 9.14. The molecule has 3 aromatic rings. The Morgan fingerprint density at radius 3 is 2.38 bits per heavy atom. The average molecular weight is 506 g/mol. The van der Waals surface area contributed by atoms with E-state index in [2.05, 4.69) is 15.6 Å². The highest BCUT2D eigenvalue weighted by Gasteiger charge is 2.17. The van der Waals surface area contributed by atoms with Crippen molar-refractivity contribution in [3.05, 3.63) is 77.5 Å². The zero-order valence-electron chi connectivity index (χ0n) is 22.3. The molecule has 2 aromatic carbocycles. The van der Waals surface area contributed by atoms with Crippen molar-refractivity contribution in [2.45, 2.75) is 59.7 Å². The highest BCUT2D eigenvalue weighted by molar-refractivity contribution is 6.06. The van der Waals surface area contributed by atoms with Gasteiger partial charge >= 0.3 is 6.09 Å². The van der Waals surface area contributed by atoms with Gasteiger partial charge in [-0.3, -0.25) is 10.1 Å². The molecule has 8 heteroatoms. The van der Waals surface area contributed by atoms with E-state index >= 15 is 0 Å². The Labute approximate surface area is 218 Å². The Balaban J connectivity index is 1.52. The molecule has 1 aromatic heterocycles. The summed E-state index contributed by atoms with van der Waals surface area (Å²) in [4.78, 5) is 29.2. The van der Waals surface area contributed by atoms with Gasteiger partial charge in [-0.05, 0) is 95.6 Å². The molecule has 0 saturated carbocycles. The molecule has 0 aliphatic rings. The molecule has 0 saturated heterocycles. The van der Waals surface area contributed by atoms with Crippen LogP contribution in [0.2, 0.25) is 0 Å². The van der Waals surface area contributed by atoms with Gasteiger partial charge in [0, 0.05) is 17.8 Å². The van der Waals surface area contributed by atoms with Gasteiger partial charge in [0.1, 0.15) is 22.9 Å². The first-order valence-corrected chi connectivity index (χ1v) is 12.3. The maximum Gasteiger partial charge on any atom is 0.413 e. The topological polar surface area (TPSA) is 98.8 Å². The van der Waals surface area contributed by atoms with Gasteiger partial charge in [0.15, 0.2) is 0 Å². The molecule has 0 atom stereocenters. The summed E-state index contributed by atoms with van der Waals surface area (Å²) in [6.45, 7) is 11.6. The van der Waals surface area contributed by atoms with Gasteiger partial charge in [-0.15, -0.1) is 0 Å². The minimum absolute atomic E-state index is 0.0382. The van der Waals surface area contributed by atoms with Crippen LogP contribution in [0.5, 0.6) is 11.5 Å². The van der Waals surface area contributed by atoms with Crippen molar-refractivity contribution in [2.75, 3.05) is 17.2 Å². The standard InChI is InChI=1S/C29H35N3O5/c1-19(2)36-25-18-20(3)10-15-24(25)27(33)31-22-11-13-23(14-12-22)35-17-16-21-8-7-9-26(30-21)32-28(34)37-29(4,5)6/h7-15,18-19H,16-17H2,1-6H3,(H,31,33)(H,30,32,34). The van der Waals surface area contributed by atoms with Crippen LogP contribution < -0.4 is 20.1 Å². The SMILES string of the molecule is Cc1ccc(C(=O)Nc2ccc(OCCc3cccc(NC(=O)OC(C)(C)C)n3)cc2)c(OC(C)C)c1. The molecule has 3 rings (SSSR count). The van der Waals surface area contributed by atoms with Crippen LogP contribution in [-0.4, -0.2) is 35.3 Å². The van der Waals surface area contributed by atoms with E-state index in [4.69, 9.17) is 14.2 Å². The number of hydrogen-bond acceptors (Lipinski definition) is 6. The normalized spacial score (nSPS) is 11.1. The number of amides is 2. The molecule has 1 heterocycles. The van der Waals surface area contributed by atoms with Crippen molar-refractivity contribution in [3.63, 3.8) is 0 Å². The number of anilines is 2. The number of carbonyl (C=O) groups excluding carboxylic acids is 2. The monoisotopic (exact) mass is 505 g/mol. The largest absolute Gasteiger partial charge is 0.493 e. The van der Waals surface area contributed by atoms with Crippen molar-refractivity contribution in [1.29, 1.82) is 0 Å². The van der Waals surface area contributed by atoms with E-state index in [1.165, 1.54) is 0 Å². The molecule has 2 amide bonds. The molecular formula is C29H35N3O5. The second-order valence-electron chi connectivity index (χ2n) is 9.88. The first-order valence-electron chi connectivity index (χ1n) is 12.3. The lowest BCUT2D eigenvalue weighted by Crippen LogP contribution is -2.27. The molecule has 0 unspecified atom stereocenters. The summed E-state index contributed by atoms with van der Waals surface area (Å²) >= 11 is 0. The van der Waals surface area contributed by atoms with Crippen LogP contribution >= 0.6 is 0 Å².